The summed E-state index contributed by atoms with van der Waals surface area (Å²) in [7, 11) is 0.0781. The first-order valence-corrected chi connectivity index (χ1v) is 6.01. The average molecular weight is 464 g/mol. The van der Waals surface area contributed by atoms with E-state index in [2.05, 4.69) is 4.74 Å². The van der Waals surface area contributed by atoms with Crippen molar-refractivity contribution in [1.82, 2.24) is 0 Å². The fourth-order valence-corrected chi connectivity index (χ4v) is 1.63. The molecule has 0 aromatic carbocycles. The summed E-state index contributed by atoms with van der Waals surface area (Å²) in [6.45, 7) is -2.91. The third-order valence-corrected chi connectivity index (χ3v) is 3.18. The van der Waals surface area contributed by atoms with E-state index in [1.807, 2.05) is 0 Å². The second kappa shape index (κ2) is 6.65. The van der Waals surface area contributed by atoms with Gasteiger partial charge in [0.05, 0.1) is 0 Å². The summed E-state index contributed by atoms with van der Waals surface area (Å²) in [5.74, 6) is -39.9. The van der Waals surface area contributed by atoms with Crippen LogP contribution in [0.15, 0.2) is 0 Å². The molecule has 170 valence electrons. The summed E-state index contributed by atoms with van der Waals surface area (Å²) in [6, 6.07) is 0. The molecular weight excluding hydrogens is 459 g/mol. The van der Waals surface area contributed by atoms with E-state index >= 15 is 0 Å². The molecule has 0 heterocycles. The Morgan fingerprint density at radius 1 is 0.464 bits per heavy atom. The molecule has 0 fully saturated rings. The third-order valence-electron chi connectivity index (χ3n) is 3.18. The van der Waals surface area contributed by atoms with E-state index in [0.717, 1.165) is 0 Å². The highest BCUT2D eigenvalue weighted by atomic mass is 19.4. The summed E-state index contributed by atoms with van der Waals surface area (Å²) < 4.78 is 221. The molecule has 0 aliphatic carbocycles. The molecule has 1 nitrogen and oxygen atoms in total. The van der Waals surface area contributed by atoms with Gasteiger partial charge in [-0.15, -0.1) is 0 Å². The highest BCUT2D eigenvalue weighted by molar-refractivity contribution is 5.17. The predicted molar refractivity (Wildman–Crippen MR) is 52.6 cm³/mol. The summed E-state index contributed by atoms with van der Waals surface area (Å²) in [5.41, 5.74) is -8.52. The van der Waals surface area contributed by atoms with Crippen molar-refractivity contribution in [1.29, 1.82) is 0 Å². The van der Waals surface area contributed by atoms with Gasteiger partial charge in [-0.2, -0.15) is 70.2 Å². The van der Waals surface area contributed by atoms with Gasteiger partial charge in [0.2, 0.25) is 0 Å². The van der Waals surface area contributed by atoms with Crippen LogP contribution in [0.5, 0.6) is 0 Å². The lowest BCUT2D eigenvalue weighted by atomic mass is 9.84. The van der Waals surface area contributed by atoms with Gasteiger partial charge >= 0.3 is 47.6 Å². The van der Waals surface area contributed by atoms with Gasteiger partial charge in [0.15, 0.2) is 0 Å². The van der Waals surface area contributed by atoms with Crippen molar-refractivity contribution in [3.63, 3.8) is 0 Å². The maximum atomic E-state index is 13.2. The van der Waals surface area contributed by atoms with Gasteiger partial charge in [-0.1, -0.05) is 0 Å². The zero-order chi connectivity index (χ0) is 23.4. The van der Waals surface area contributed by atoms with Crippen LogP contribution < -0.4 is 0 Å². The van der Waals surface area contributed by atoms with Crippen molar-refractivity contribution >= 4 is 0 Å². The summed E-state index contributed by atoms with van der Waals surface area (Å²) >= 11 is 0. The first kappa shape index (κ1) is 26.8. The van der Waals surface area contributed by atoms with Gasteiger partial charge in [-0.3, -0.25) is 0 Å². The molecule has 0 unspecified atom stereocenters. The van der Waals surface area contributed by atoms with E-state index in [1.54, 1.807) is 0 Å². The molecule has 0 rings (SSSR count). The molecule has 0 saturated heterocycles. The number of alkyl halides is 17. The lowest BCUT2D eigenvalue weighted by molar-refractivity contribution is -0.466. The number of halogens is 17. The maximum absolute atomic E-state index is 13.2. The highest BCUT2D eigenvalue weighted by Crippen LogP contribution is 2.65. The minimum atomic E-state index is -8.73. The Balaban J connectivity index is 6.86. The van der Waals surface area contributed by atoms with Crippen LogP contribution in [0.2, 0.25) is 0 Å². The lowest BCUT2D eigenvalue weighted by Crippen LogP contribution is -2.77. The Labute approximate surface area is 142 Å². The Hall–Kier alpha value is -1.23. The summed E-state index contributed by atoms with van der Waals surface area (Å²) in [5, 5.41) is 0. The Morgan fingerprint density at radius 3 is 1.00 bits per heavy atom. The Bertz CT molecular complexity index is 541. The van der Waals surface area contributed by atoms with E-state index in [0.29, 0.717) is 0 Å². The van der Waals surface area contributed by atoms with E-state index in [4.69, 9.17) is 0 Å². The minimum Gasteiger partial charge on any atom is -0.378 e. The second-order valence-corrected chi connectivity index (χ2v) is 5.09. The van der Waals surface area contributed by atoms with Crippen LogP contribution in [0, 0.1) is 0 Å². The maximum Gasteiger partial charge on any atom is 0.438 e. The number of hydrogen-bond acceptors (Lipinski definition) is 1. The van der Waals surface area contributed by atoms with Crippen LogP contribution in [0.25, 0.3) is 0 Å². The SMILES string of the molecule is COCC(F)(F)C(F)(F)C(F)(F)C(F)(F)C(F)(F)C(F)(C(F)(F)F)C(F)(F)F. The molecule has 0 aromatic rings. The largest absolute Gasteiger partial charge is 0.438 e. The predicted octanol–water partition coefficient (Wildman–Crippen LogP) is 5.64. The van der Waals surface area contributed by atoms with Gasteiger partial charge in [0.1, 0.15) is 6.61 Å². The van der Waals surface area contributed by atoms with Gasteiger partial charge in [0.25, 0.3) is 0 Å². The van der Waals surface area contributed by atoms with Gasteiger partial charge < -0.3 is 4.74 Å². The van der Waals surface area contributed by atoms with Crippen LogP contribution in [0.1, 0.15) is 0 Å². The average Bonchev–Trinajstić information content (AvgIpc) is 2.42. The first-order valence-electron chi connectivity index (χ1n) is 6.01. The molecule has 0 aliphatic heterocycles. The second-order valence-electron chi connectivity index (χ2n) is 5.09. The Kier molecular flexibility index (Phi) is 6.36. The number of ether oxygens (including phenoxy) is 1. The fraction of sp³-hybridized carbons (Fsp3) is 1.00. The molecule has 0 saturated carbocycles. The molecule has 18 heteroatoms. The number of methoxy groups -OCH3 is 1. The highest BCUT2D eigenvalue weighted by Gasteiger charge is 2.97. The van der Waals surface area contributed by atoms with Gasteiger partial charge in [-0.05, 0) is 0 Å². The smallest absolute Gasteiger partial charge is 0.378 e. The molecule has 0 amide bonds. The van der Waals surface area contributed by atoms with Crippen molar-refractivity contribution in [2.45, 2.75) is 47.6 Å². The van der Waals surface area contributed by atoms with Gasteiger partial charge in [-0.25, -0.2) is 4.39 Å². The summed E-state index contributed by atoms with van der Waals surface area (Å²) in [6.07, 6.45) is -16.2. The normalized spacial score (nSPS) is 16.5. The molecule has 0 bridgehead atoms. The van der Waals surface area contributed by atoms with E-state index in [-0.39, 0.29) is 7.11 Å². The van der Waals surface area contributed by atoms with Crippen molar-refractivity contribution in [2.75, 3.05) is 13.7 Å². The quantitative estimate of drug-likeness (QED) is 0.444. The molecule has 0 atom stereocenters. The first-order chi connectivity index (χ1) is 11.8. The fourth-order valence-electron chi connectivity index (χ4n) is 1.63. The molecular formula is C10H5F17O. The van der Waals surface area contributed by atoms with Crippen molar-refractivity contribution in [2.24, 2.45) is 0 Å². The summed E-state index contributed by atoms with van der Waals surface area (Å²) in [4.78, 5) is 0. The molecule has 0 radical (unpaired) electrons. The topological polar surface area (TPSA) is 9.23 Å². The standard InChI is InChI=1S/C10H5F17O/c1-28-2-3(11,12)5(14,15)7(18,19)8(20,21)6(16,17)4(13,9(22,23)24)10(25,26)27/h2H2,1H3. The minimum absolute atomic E-state index is 0.0781. The zero-order valence-electron chi connectivity index (χ0n) is 12.5. The van der Waals surface area contributed by atoms with Crippen LogP contribution in [-0.4, -0.2) is 61.4 Å². The molecule has 0 aliphatic rings. The van der Waals surface area contributed by atoms with E-state index in [1.165, 1.54) is 0 Å². The zero-order valence-corrected chi connectivity index (χ0v) is 12.5. The van der Waals surface area contributed by atoms with Crippen molar-refractivity contribution in [3.8, 4) is 0 Å². The molecule has 0 spiro atoms. The van der Waals surface area contributed by atoms with E-state index < -0.39 is 54.2 Å². The lowest BCUT2D eigenvalue weighted by Gasteiger charge is -2.44. The molecule has 28 heavy (non-hydrogen) atoms. The molecule has 0 N–H and O–H groups in total. The third kappa shape index (κ3) is 3.24. The molecule has 0 aromatic heterocycles. The van der Waals surface area contributed by atoms with Crippen LogP contribution in [0.4, 0.5) is 74.6 Å². The number of hydrogen-bond donors (Lipinski definition) is 0. The van der Waals surface area contributed by atoms with Gasteiger partial charge in [0, 0.05) is 7.11 Å². The van der Waals surface area contributed by atoms with Crippen LogP contribution in [0.3, 0.4) is 0 Å². The van der Waals surface area contributed by atoms with Crippen molar-refractivity contribution in [3.05, 3.63) is 0 Å². The number of rotatable bonds is 7. The monoisotopic (exact) mass is 464 g/mol. The van der Waals surface area contributed by atoms with Crippen LogP contribution in [-0.2, 0) is 4.74 Å². The van der Waals surface area contributed by atoms with Crippen LogP contribution >= 0.6 is 0 Å². The van der Waals surface area contributed by atoms with Crippen molar-refractivity contribution < 1.29 is 79.4 Å². The van der Waals surface area contributed by atoms with E-state index in [9.17, 15) is 74.6 Å². The Morgan fingerprint density at radius 2 is 0.750 bits per heavy atom.